The second kappa shape index (κ2) is 7.32. The molecular weight excluding hydrogens is 381 g/mol. The predicted molar refractivity (Wildman–Crippen MR) is 93.5 cm³/mol. The van der Waals surface area contributed by atoms with Crippen molar-refractivity contribution in [1.82, 2.24) is 4.72 Å². The minimum atomic E-state index is -4.43. The van der Waals surface area contributed by atoms with Gasteiger partial charge in [0.25, 0.3) is 0 Å². The van der Waals surface area contributed by atoms with Crippen molar-refractivity contribution >= 4 is 21.6 Å². The molecule has 0 atom stereocenters. The van der Waals surface area contributed by atoms with E-state index in [1.807, 2.05) is 0 Å². The summed E-state index contributed by atoms with van der Waals surface area (Å²) in [5.74, 6) is 0.00559. The van der Waals surface area contributed by atoms with Gasteiger partial charge < -0.3 is 4.90 Å². The van der Waals surface area contributed by atoms with Gasteiger partial charge in [0.1, 0.15) is 0 Å². The summed E-state index contributed by atoms with van der Waals surface area (Å²) in [6, 6.07) is 10.2. The molecule has 1 fully saturated rings. The zero-order chi connectivity index (χ0) is 19.7. The lowest BCUT2D eigenvalue weighted by Gasteiger charge is -2.16. The van der Waals surface area contributed by atoms with Gasteiger partial charge in [0.15, 0.2) is 0 Å². The zero-order valence-electron chi connectivity index (χ0n) is 14.2. The Morgan fingerprint density at radius 1 is 1.00 bits per heavy atom. The molecule has 1 amide bonds. The predicted octanol–water partition coefficient (Wildman–Crippen LogP) is 3.31. The summed E-state index contributed by atoms with van der Waals surface area (Å²) in [6.07, 6.45) is -3.18. The molecule has 0 aromatic heterocycles. The van der Waals surface area contributed by atoms with Crippen molar-refractivity contribution in [2.45, 2.75) is 30.5 Å². The average Bonchev–Trinajstić information content (AvgIpc) is 3.06. The van der Waals surface area contributed by atoms with E-state index in [-0.39, 0.29) is 17.3 Å². The lowest BCUT2D eigenvalue weighted by Crippen LogP contribution is -2.25. The molecule has 0 radical (unpaired) electrons. The Bertz CT molecular complexity index is 924. The number of alkyl halides is 3. The number of rotatable bonds is 5. The average molecular weight is 398 g/mol. The molecule has 0 spiro atoms. The maximum Gasteiger partial charge on any atom is 0.416 e. The van der Waals surface area contributed by atoms with E-state index < -0.39 is 21.8 Å². The first-order valence-electron chi connectivity index (χ1n) is 8.23. The fourth-order valence-corrected chi connectivity index (χ4v) is 3.82. The van der Waals surface area contributed by atoms with Crippen molar-refractivity contribution in [3.05, 3.63) is 59.7 Å². The van der Waals surface area contributed by atoms with Crippen molar-refractivity contribution in [2.75, 3.05) is 11.4 Å². The molecule has 5 nitrogen and oxygen atoms in total. The number of sulfonamides is 1. The third kappa shape index (κ3) is 4.48. The molecule has 1 aliphatic rings. The third-order valence-electron chi connectivity index (χ3n) is 4.28. The van der Waals surface area contributed by atoms with E-state index in [9.17, 15) is 26.4 Å². The molecule has 27 heavy (non-hydrogen) atoms. The molecule has 2 aromatic rings. The minimum Gasteiger partial charge on any atom is -0.312 e. The Morgan fingerprint density at radius 2 is 1.63 bits per heavy atom. The molecule has 9 heteroatoms. The number of nitrogens with one attached hydrogen (secondary N) is 1. The Balaban J connectivity index is 1.67. The quantitative estimate of drug-likeness (QED) is 0.840. The summed E-state index contributed by atoms with van der Waals surface area (Å²) in [5, 5.41) is 0. The Morgan fingerprint density at radius 3 is 2.15 bits per heavy atom. The summed E-state index contributed by atoms with van der Waals surface area (Å²) >= 11 is 0. The van der Waals surface area contributed by atoms with Gasteiger partial charge in [0, 0.05) is 25.2 Å². The normalized spacial score (nSPS) is 15.4. The van der Waals surface area contributed by atoms with Crippen LogP contribution < -0.4 is 9.62 Å². The van der Waals surface area contributed by atoms with Gasteiger partial charge >= 0.3 is 6.18 Å². The van der Waals surface area contributed by atoms with Crippen molar-refractivity contribution in [3.8, 4) is 0 Å². The molecule has 1 saturated heterocycles. The fourth-order valence-electron chi connectivity index (χ4n) is 2.80. The standard InChI is InChI=1S/C18H17F3N2O3S/c19-18(20,21)14-5-3-13(4-6-14)12-22-27(25,26)16-9-7-15(8-10-16)23-11-1-2-17(23)24/h3-10,22H,1-2,11-12H2. The van der Waals surface area contributed by atoms with Crippen molar-refractivity contribution in [2.24, 2.45) is 0 Å². The maximum atomic E-state index is 12.5. The SMILES string of the molecule is O=C1CCCN1c1ccc(S(=O)(=O)NCc2ccc(C(F)(F)F)cc2)cc1. The Hall–Kier alpha value is -2.39. The molecule has 0 saturated carbocycles. The largest absolute Gasteiger partial charge is 0.416 e. The summed E-state index contributed by atoms with van der Waals surface area (Å²) in [5.41, 5.74) is 0.256. The molecule has 2 aromatic carbocycles. The number of amides is 1. The molecule has 144 valence electrons. The Kier molecular flexibility index (Phi) is 5.25. The molecule has 3 rings (SSSR count). The van der Waals surface area contributed by atoms with Crippen LogP contribution in [0.15, 0.2) is 53.4 Å². The smallest absolute Gasteiger partial charge is 0.312 e. The number of carbonyl (C=O) groups excluding carboxylic acids is 1. The van der Waals surface area contributed by atoms with E-state index in [2.05, 4.69) is 4.72 Å². The van der Waals surface area contributed by atoms with E-state index in [0.717, 1.165) is 18.6 Å². The molecule has 0 bridgehead atoms. The van der Waals surface area contributed by atoms with Crippen LogP contribution >= 0.6 is 0 Å². The number of anilines is 1. The lowest BCUT2D eigenvalue weighted by atomic mass is 10.1. The van der Waals surface area contributed by atoms with Gasteiger partial charge in [-0.15, -0.1) is 0 Å². The van der Waals surface area contributed by atoms with E-state index in [0.29, 0.717) is 24.2 Å². The zero-order valence-corrected chi connectivity index (χ0v) is 15.0. The van der Waals surface area contributed by atoms with Gasteiger partial charge in [0.2, 0.25) is 15.9 Å². The van der Waals surface area contributed by atoms with Crippen molar-refractivity contribution < 1.29 is 26.4 Å². The van der Waals surface area contributed by atoms with Crippen LogP contribution in [-0.2, 0) is 27.5 Å². The maximum absolute atomic E-state index is 12.5. The van der Waals surface area contributed by atoms with Crippen LogP contribution in [0.5, 0.6) is 0 Å². The fraction of sp³-hybridized carbons (Fsp3) is 0.278. The van der Waals surface area contributed by atoms with Gasteiger partial charge in [-0.05, 0) is 48.4 Å². The van der Waals surface area contributed by atoms with Crippen LogP contribution in [0, 0.1) is 0 Å². The van der Waals surface area contributed by atoms with Crippen molar-refractivity contribution in [3.63, 3.8) is 0 Å². The molecule has 1 N–H and O–H groups in total. The highest BCUT2D eigenvalue weighted by atomic mass is 32.2. The van der Waals surface area contributed by atoms with Gasteiger partial charge in [-0.2, -0.15) is 13.2 Å². The second-order valence-corrected chi connectivity index (χ2v) is 7.93. The van der Waals surface area contributed by atoms with Crippen LogP contribution in [0.1, 0.15) is 24.0 Å². The first kappa shape index (κ1) is 19.4. The van der Waals surface area contributed by atoms with Gasteiger partial charge in [-0.1, -0.05) is 12.1 Å². The highest BCUT2D eigenvalue weighted by Gasteiger charge is 2.30. The summed E-state index contributed by atoms with van der Waals surface area (Å²) in [6.45, 7) is 0.476. The van der Waals surface area contributed by atoms with E-state index in [4.69, 9.17) is 0 Å². The van der Waals surface area contributed by atoms with Crippen LogP contribution in [0.25, 0.3) is 0 Å². The van der Waals surface area contributed by atoms with E-state index >= 15 is 0 Å². The second-order valence-electron chi connectivity index (χ2n) is 6.16. The van der Waals surface area contributed by atoms with E-state index in [1.54, 1.807) is 17.0 Å². The number of nitrogens with zero attached hydrogens (tertiary/aromatic N) is 1. The van der Waals surface area contributed by atoms with Gasteiger partial charge in [-0.25, -0.2) is 13.1 Å². The van der Waals surface area contributed by atoms with Gasteiger partial charge in [0.05, 0.1) is 10.5 Å². The number of halogens is 3. The van der Waals surface area contributed by atoms with Crippen molar-refractivity contribution in [1.29, 1.82) is 0 Å². The number of carbonyl (C=O) groups is 1. The monoisotopic (exact) mass is 398 g/mol. The Labute approximate surface area is 154 Å². The van der Waals surface area contributed by atoms with Crippen LogP contribution in [0.4, 0.5) is 18.9 Å². The minimum absolute atomic E-state index is 0.00559. The van der Waals surface area contributed by atoms with E-state index in [1.165, 1.54) is 24.3 Å². The third-order valence-corrected chi connectivity index (χ3v) is 5.70. The highest BCUT2D eigenvalue weighted by molar-refractivity contribution is 7.89. The molecule has 1 aliphatic heterocycles. The topological polar surface area (TPSA) is 66.5 Å². The van der Waals surface area contributed by atoms with Crippen LogP contribution in [-0.4, -0.2) is 20.9 Å². The lowest BCUT2D eigenvalue weighted by molar-refractivity contribution is -0.137. The summed E-state index contributed by atoms with van der Waals surface area (Å²) in [4.78, 5) is 13.3. The summed E-state index contributed by atoms with van der Waals surface area (Å²) in [7, 11) is -3.83. The number of hydrogen-bond acceptors (Lipinski definition) is 3. The number of hydrogen-bond donors (Lipinski definition) is 1. The molecular formula is C18H17F3N2O3S. The van der Waals surface area contributed by atoms with Gasteiger partial charge in [-0.3, -0.25) is 4.79 Å². The first-order chi connectivity index (χ1) is 12.7. The highest BCUT2D eigenvalue weighted by Crippen LogP contribution is 2.29. The van der Waals surface area contributed by atoms with Crippen LogP contribution in [0.2, 0.25) is 0 Å². The summed E-state index contributed by atoms with van der Waals surface area (Å²) < 4.78 is 64.7. The first-order valence-corrected chi connectivity index (χ1v) is 9.71. The number of benzene rings is 2. The molecule has 0 aliphatic carbocycles. The molecule has 1 heterocycles. The van der Waals surface area contributed by atoms with Crippen LogP contribution in [0.3, 0.4) is 0 Å². The molecule has 0 unspecified atom stereocenters.